The monoisotopic (exact) mass is 274 g/mol. The van der Waals surface area contributed by atoms with Gasteiger partial charge in [0.25, 0.3) is 0 Å². The van der Waals surface area contributed by atoms with E-state index in [0.29, 0.717) is 0 Å². The molecule has 18 heavy (non-hydrogen) atoms. The van der Waals surface area contributed by atoms with Crippen LogP contribution in [-0.4, -0.2) is 12.0 Å². The molecule has 0 amide bonds. The number of hydrogen-bond donors (Lipinski definition) is 1. The first-order valence-corrected chi connectivity index (χ1v) is 7.61. The lowest BCUT2D eigenvalue weighted by atomic mass is 10.1. The highest BCUT2D eigenvalue weighted by molar-refractivity contribution is 7.17. The Kier molecular flexibility index (Phi) is 3.16. The van der Waals surface area contributed by atoms with Gasteiger partial charge in [-0.05, 0) is 36.4 Å². The van der Waals surface area contributed by atoms with Crippen LogP contribution in [0.2, 0.25) is 0 Å². The van der Waals surface area contributed by atoms with E-state index in [0.717, 1.165) is 10.7 Å². The number of thiophene rings is 1. The van der Waals surface area contributed by atoms with E-state index in [1.54, 1.807) is 22.7 Å². The highest BCUT2D eigenvalue weighted by Gasteiger charge is 2.18. The van der Waals surface area contributed by atoms with E-state index < -0.39 is 0 Å². The minimum Gasteiger partial charge on any atom is -0.307 e. The Morgan fingerprint density at radius 3 is 2.72 bits per heavy atom. The van der Waals surface area contributed by atoms with Crippen molar-refractivity contribution in [2.75, 3.05) is 7.05 Å². The molecule has 0 fully saturated rings. The minimum absolute atomic E-state index is 0.194. The Hall–Kier alpha value is -1.23. The number of thiazole rings is 1. The molecule has 92 valence electrons. The lowest BCUT2D eigenvalue weighted by molar-refractivity contribution is 0.691. The van der Waals surface area contributed by atoms with Crippen LogP contribution >= 0.6 is 22.7 Å². The first kappa shape index (κ1) is 11.8. The first-order chi connectivity index (χ1) is 8.79. The van der Waals surface area contributed by atoms with E-state index in [-0.39, 0.29) is 6.04 Å². The maximum atomic E-state index is 4.61. The van der Waals surface area contributed by atoms with Gasteiger partial charge < -0.3 is 5.32 Å². The summed E-state index contributed by atoms with van der Waals surface area (Å²) in [5.74, 6) is 0. The highest BCUT2D eigenvalue weighted by atomic mass is 32.1. The van der Waals surface area contributed by atoms with E-state index in [1.807, 2.05) is 14.0 Å². The number of fused-ring (bicyclic) bond motifs is 1. The van der Waals surface area contributed by atoms with Crippen LogP contribution in [0.4, 0.5) is 0 Å². The van der Waals surface area contributed by atoms with E-state index >= 15 is 0 Å². The smallest absolute Gasteiger partial charge is 0.114 e. The minimum atomic E-state index is 0.194. The van der Waals surface area contributed by atoms with Crippen LogP contribution < -0.4 is 5.32 Å². The average Bonchev–Trinajstić information content (AvgIpc) is 2.98. The SMILES string of the molecule is CNC(c1nc(C)cs1)c1csc2ccccc12. The molecule has 0 aliphatic carbocycles. The van der Waals surface area contributed by atoms with Crippen molar-refractivity contribution < 1.29 is 0 Å². The summed E-state index contributed by atoms with van der Waals surface area (Å²) in [6.45, 7) is 2.04. The van der Waals surface area contributed by atoms with Crippen LogP contribution in [0.15, 0.2) is 35.0 Å². The van der Waals surface area contributed by atoms with Crippen molar-refractivity contribution in [3.8, 4) is 0 Å². The molecule has 0 radical (unpaired) electrons. The van der Waals surface area contributed by atoms with Crippen LogP contribution in [0.5, 0.6) is 0 Å². The van der Waals surface area contributed by atoms with Crippen LogP contribution in [-0.2, 0) is 0 Å². The maximum absolute atomic E-state index is 4.61. The van der Waals surface area contributed by atoms with E-state index in [2.05, 4.69) is 45.3 Å². The van der Waals surface area contributed by atoms with Crippen molar-refractivity contribution >= 4 is 32.8 Å². The lowest BCUT2D eigenvalue weighted by Gasteiger charge is -2.12. The van der Waals surface area contributed by atoms with Crippen molar-refractivity contribution in [2.24, 2.45) is 0 Å². The fraction of sp³-hybridized carbons (Fsp3) is 0.214. The summed E-state index contributed by atoms with van der Waals surface area (Å²) in [6, 6.07) is 8.73. The standard InChI is InChI=1S/C14H14N2S2/c1-9-7-18-14(16-9)13(15-2)11-8-17-12-6-4-3-5-10(11)12/h3-8,13,15H,1-2H3. The molecule has 0 saturated heterocycles. The molecule has 0 aliphatic rings. The number of nitrogens with one attached hydrogen (secondary N) is 1. The Balaban J connectivity index is 2.11. The second kappa shape index (κ2) is 4.80. The van der Waals surface area contributed by atoms with Gasteiger partial charge in [-0.2, -0.15) is 0 Å². The molecule has 0 bridgehead atoms. The molecule has 1 unspecified atom stereocenters. The van der Waals surface area contributed by atoms with Gasteiger partial charge >= 0.3 is 0 Å². The number of aryl methyl sites for hydroxylation is 1. The number of hydrogen-bond acceptors (Lipinski definition) is 4. The Labute approximate surface area is 114 Å². The molecular formula is C14H14N2S2. The fourth-order valence-corrected chi connectivity index (χ4v) is 4.05. The molecule has 0 saturated carbocycles. The average molecular weight is 274 g/mol. The van der Waals surface area contributed by atoms with Crippen LogP contribution in [0.1, 0.15) is 22.3 Å². The van der Waals surface area contributed by atoms with Gasteiger partial charge in [0.15, 0.2) is 0 Å². The second-order valence-electron chi connectivity index (χ2n) is 4.24. The van der Waals surface area contributed by atoms with Gasteiger partial charge in [0.1, 0.15) is 5.01 Å². The van der Waals surface area contributed by atoms with Crippen molar-refractivity contribution in [1.29, 1.82) is 0 Å². The second-order valence-corrected chi connectivity index (χ2v) is 6.04. The quantitative estimate of drug-likeness (QED) is 0.781. The Morgan fingerprint density at radius 2 is 2.00 bits per heavy atom. The van der Waals surface area contributed by atoms with Gasteiger partial charge in [0, 0.05) is 15.8 Å². The third-order valence-electron chi connectivity index (χ3n) is 2.99. The molecule has 3 rings (SSSR count). The first-order valence-electron chi connectivity index (χ1n) is 5.85. The molecule has 3 aromatic rings. The molecule has 1 aromatic carbocycles. The van der Waals surface area contributed by atoms with Crippen molar-refractivity contribution in [3.05, 3.63) is 51.3 Å². The summed E-state index contributed by atoms with van der Waals surface area (Å²) in [4.78, 5) is 4.61. The summed E-state index contributed by atoms with van der Waals surface area (Å²) in [5, 5.41) is 10.2. The molecule has 2 heterocycles. The highest BCUT2D eigenvalue weighted by Crippen LogP contribution is 2.34. The zero-order valence-corrected chi connectivity index (χ0v) is 11.9. The van der Waals surface area contributed by atoms with E-state index in [1.165, 1.54) is 15.6 Å². The molecule has 0 spiro atoms. The molecule has 4 heteroatoms. The van der Waals surface area contributed by atoms with Gasteiger partial charge in [0.05, 0.1) is 6.04 Å². The maximum Gasteiger partial charge on any atom is 0.114 e. The van der Waals surface area contributed by atoms with Crippen molar-refractivity contribution in [1.82, 2.24) is 10.3 Å². The summed E-state index contributed by atoms with van der Waals surface area (Å²) < 4.78 is 1.33. The summed E-state index contributed by atoms with van der Waals surface area (Å²) in [6.07, 6.45) is 0. The van der Waals surface area contributed by atoms with Gasteiger partial charge in [-0.15, -0.1) is 22.7 Å². The fourth-order valence-electron chi connectivity index (χ4n) is 2.14. The predicted molar refractivity (Wildman–Crippen MR) is 79.6 cm³/mol. The van der Waals surface area contributed by atoms with Crippen LogP contribution in [0.3, 0.4) is 0 Å². The van der Waals surface area contributed by atoms with Gasteiger partial charge in [-0.1, -0.05) is 18.2 Å². The third kappa shape index (κ3) is 1.96. The van der Waals surface area contributed by atoms with Crippen molar-refractivity contribution in [2.45, 2.75) is 13.0 Å². The molecule has 2 nitrogen and oxygen atoms in total. The number of nitrogens with zero attached hydrogens (tertiary/aromatic N) is 1. The summed E-state index contributed by atoms with van der Waals surface area (Å²) in [7, 11) is 1.99. The third-order valence-corrected chi connectivity index (χ3v) is 5.00. The summed E-state index contributed by atoms with van der Waals surface area (Å²) >= 11 is 3.52. The largest absolute Gasteiger partial charge is 0.307 e. The molecule has 1 N–H and O–H groups in total. The predicted octanol–water partition coefficient (Wildman–Crippen LogP) is 3.98. The van der Waals surface area contributed by atoms with E-state index in [4.69, 9.17) is 0 Å². The molecular weight excluding hydrogens is 260 g/mol. The topological polar surface area (TPSA) is 24.9 Å². The zero-order valence-electron chi connectivity index (χ0n) is 10.3. The zero-order chi connectivity index (χ0) is 12.5. The van der Waals surface area contributed by atoms with Gasteiger partial charge in [-0.25, -0.2) is 4.98 Å². The van der Waals surface area contributed by atoms with Crippen molar-refractivity contribution in [3.63, 3.8) is 0 Å². The lowest BCUT2D eigenvalue weighted by Crippen LogP contribution is -2.17. The molecule has 0 aliphatic heterocycles. The number of benzene rings is 1. The van der Waals surface area contributed by atoms with Gasteiger partial charge in [-0.3, -0.25) is 0 Å². The Morgan fingerprint density at radius 1 is 1.17 bits per heavy atom. The van der Waals surface area contributed by atoms with Gasteiger partial charge in [0.2, 0.25) is 0 Å². The number of rotatable bonds is 3. The Bertz CT molecular complexity index is 669. The van der Waals surface area contributed by atoms with Crippen LogP contribution in [0.25, 0.3) is 10.1 Å². The normalized spacial score (nSPS) is 13.0. The molecule has 1 atom stereocenters. The number of aromatic nitrogens is 1. The summed E-state index contributed by atoms with van der Waals surface area (Å²) in [5.41, 5.74) is 2.42. The van der Waals surface area contributed by atoms with E-state index in [9.17, 15) is 0 Å². The molecule has 2 aromatic heterocycles. The van der Waals surface area contributed by atoms with Crippen LogP contribution in [0, 0.1) is 6.92 Å².